The molecular weight excluding hydrogens is 166 g/mol. The van der Waals surface area contributed by atoms with Gasteiger partial charge in [0.2, 0.25) is 0 Å². The van der Waals surface area contributed by atoms with E-state index in [1.807, 2.05) is 6.55 Å². The van der Waals surface area contributed by atoms with Gasteiger partial charge in [-0.25, -0.2) is 4.79 Å². The predicted molar refractivity (Wildman–Crippen MR) is 41.8 cm³/mol. The number of carbonyl (C=O) groups excluding carboxylic acids is 1. The minimum Gasteiger partial charge on any atom is -0.397 e. The van der Waals surface area contributed by atoms with Crippen LogP contribution in [0.3, 0.4) is 0 Å². The lowest BCUT2D eigenvalue weighted by Crippen LogP contribution is -2.45. The van der Waals surface area contributed by atoms with Crippen LogP contribution in [0.15, 0.2) is 0 Å². The zero-order valence-corrected chi connectivity index (χ0v) is 8.33. The first kappa shape index (κ1) is 10.4. The fourth-order valence-electron chi connectivity index (χ4n) is 0.681. The summed E-state index contributed by atoms with van der Waals surface area (Å²) in [5, 5.41) is 0. The van der Waals surface area contributed by atoms with Crippen molar-refractivity contribution in [1.82, 2.24) is 0 Å². The van der Waals surface area contributed by atoms with E-state index in [9.17, 15) is 4.79 Å². The van der Waals surface area contributed by atoms with Crippen molar-refractivity contribution in [3.8, 4) is 0 Å². The van der Waals surface area contributed by atoms with Crippen molar-refractivity contribution in [3.63, 3.8) is 0 Å². The van der Waals surface area contributed by atoms with Crippen molar-refractivity contribution in [3.05, 3.63) is 0 Å². The fourth-order valence-corrected chi connectivity index (χ4v) is 1.54. The van der Waals surface area contributed by atoms with Gasteiger partial charge in [-0.2, -0.15) is 0 Å². The van der Waals surface area contributed by atoms with Crippen LogP contribution in [0.1, 0.15) is 0 Å². The van der Waals surface area contributed by atoms with Crippen LogP contribution in [0.2, 0.25) is 6.55 Å². The maximum absolute atomic E-state index is 10.4. The van der Waals surface area contributed by atoms with E-state index >= 15 is 0 Å². The van der Waals surface area contributed by atoms with E-state index in [4.69, 9.17) is 15.2 Å². The van der Waals surface area contributed by atoms with E-state index < -0.39 is 21.2 Å². The Kier molecular flexibility index (Phi) is 4.09. The molecule has 66 valence electrons. The van der Waals surface area contributed by atoms with E-state index in [1.54, 1.807) is 0 Å². The molecule has 0 unspecified atom stereocenters. The molecule has 0 aliphatic carbocycles. The molecule has 0 radical (unpaired) electrons. The molecule has 0 aromatic heterocycles. The number of ether oxygens (including phenoxy) is 3. The monoisotopic (exact) mass is 179 g/mol. The van der Waals surface area contributed by atoms with Gasteiger partial charge in [-0.1, -0.05) is 6.55 Å². The number of carbonyl (C=O) groups is 1. The molecule has 1 amide bonds. The van der Waals surface area contributed by atoms with Gasteiger partial charge in [0.25, 0.3) is 5.60 Å². The van der Waals surface area contributed by atoms with Crippen LogP contribution in [0.25, 0.3) is 0 Å². The Morgan fingerprint density at radius 3 is 2.00 bits per heavy atom. The molecule has 0 saturated heterocycles. The Balaban J connectivity index is 4.16. The predicted octanol–water partition coefficient (Wildman–Crippen LogP) is -0.797. The van der Waals surface area contributed by atoms with Gasteiger partial charge < -0.3 is 19.9 Å². The van der Waals surface area contributed by atoms with Gasteiger partial charge in [-0.15, -0.1) is 0 Å². The molecule has 0 bridgehead atoms. The third-order valence-corrected chi connectivity index (χ3v) is 2.90. The van der Waals surface area contributed by atoms with Gasteiger partial charge in [0.15, 0.2) is 0 Å². The van der Waals surface area contributed by atoms with Crippen molar-refractivity contribution in [2.75, 3.05) is 14.2 Å². The molecule has 0 aliphatic rings. The topological polar surface area (TPSA) is 70.8 Å². The molecule has 0 saturated carbocycles. The average molecular weight is 179 g/mol. The standard InChI is InChI=1S/C5H13NO4Si/c1-8-5(9-2,11-3)10-4(6)7/h11H2,1-3H3,(H2,6,7). The lowest BCUT2D eigenvalue weighted by Gasteiger charge is -2.27. The first-order valence-corrected chi connectivity index (χ1v) is 5.31. The molecular formula is C5H13NO4Si. The molecule has 0 aliphatic heterocycles. The average Bonchev–Trinajstić information content (AvgIpc) is 2.00. The third-order valence-electron chi connectivity index (χ3n) is 1.31. The lowest BCUT2D eigenvalue weighted by atomic mass is 11.1. The number of hydrogen-bond acceptors (Lipinski definition) is 4. The Morgan fingerprint density at radius 2 is 1.91 bits per heavy atom. The van der Waals surface area contributed by atoms with Crippen LogP contribution < -0.4 is 5.73 Å². The first-order chi connectivity index (χ1) is 5.10. The third kappa shape index (κ3) is 2.87. The van der Waals surface area contributed by atoms with Crippen LogP contribution in [0.4, 0.5) is 4.79 Å². The van der Waals surface area contributed by atoms with E-state index in [-0.39, 0.29) is 0 Å². The molecule has 2 N–H and O–H groups in total. The molecule has 0 rings (SSSR count). The number of amides is 1. The van der Waals surface area contributed by atoms with E-state index in [2.05, 4.69) is 4.74 Å². The van der Waals surface area contributed by atoms with Crippen LogP contribution in [-0.4, -0.2) is 35.4 Å². The number of rotatable bonds is 4. The van der Waals surface area contributed by atoms with Gasteiger partial charge >= 0.3 is 6.09 Å². The molecule has 11 heavy (non-hydrogen) atoms. The summed E-state index contributed by atoms with van der Waals surface area (Å²) >= 11 is 0. The summed E-state index contributed by atoms with van der Waals surface area (Å²) in [6.45, 7) is 1.88. The van der Waals surface area contributed by atoms with Crippen molar-refractivity contribution < 1.29 is 19.0 Å². The number of primary amides is 1. The van der Waals surface area contributed by atoms with Crippen LogP contribution in [-0.2, 0) is 14.2 Å². The summed E-state index contributed by atoms with van der Waals surface area (Å²) in [7, 11) is 2.02. The number of methoxy groups -OCH3 is 2. The van der Waals surface area contributed by atoms with Gasteiger partial charge in [-0.05, 0) is 0 Å². The largest absolute Gasteiger partial charge is 0.408 e. The molecule has 0 heterocycles. The SMILES string of the molecule is COC(OC)(OC(N)=O)[SiH2]C. The van der Waals surface area contributed by atoms with Crippen LogP contribution >= 0.6 is 0 Å². The van der Waals surface area contributed by atoms with Crippen LogP contribution in [0.5, 0.6) is 0 Å². The Labute approximate surface area is 67.6 Å². The van der Waals surface area contributed by atoms with E-state index in [0.717, 1.165) is 0 Å². The Hall–Kier alpha value is -0.593. The second-order valence-corrected chi connectivity index (χ2v) is 3.44. The lowest BCUT2D eigenvalue weighted by molar-refractivity contribution is -0.275. The van der Waals surface area contributed by atoms with E-state index in [1.165, 1.54) is 14.2 Å². The van der Waals surface area contributed by atoms with Crippen molar-refractivity contribution in [2.24, 2.45) is 5.73 Å². The second-order valence-electron chi connectivity index (χ2n) is 1.87. The van der Waals surface area contributed by atoms with Gasteiger partial charge in [0, 0.05) is 14.2 Å². The summed E-state index contributed by atoms with van der Waals surface area (Å²) in [5.41, 5.74) is 3.62. The molecule has 0 aromatic carbocycles. The molecule has 0 fully saturated rings. The highest BCUT2D eigenvalue weighted by Gasteiger charge is 2.31. The minimum absolute atomic E-state index is 0.789. The zero-order chi connectivity index (χ0) is 8.91. The molecule has 6 heteroatoms. The summed E-state index contributed by atoms with van der Waals surface area (Å²) in [6, 6.07) is 0. The first-order valence-electron chi connectivity index (χ1n) is 3.19. The number of nitrogens with two attached hydrogens (primary N) is 1. The highest BCUT2D eigenvalue weighted by molar-refractivity contribution is 6.36. The normalized spacial score (nSPS) is 12.3. The summed E-state index contributed by atoms with van der Waals surface area (Å²) in [6.07, 6.45) is -0.886. The molecule has 5 nitrogen and oxygen atoms in total. The summed E-state index contributed by atoms with van der Waals surface area (Å²) in [5.74, 6) is 0. The maximum atomic E-state index is 10.4. The fraction of sp³-hybridized carbons (Fsp3) is 0.800. The molecule has 0 spiro atoms. The number of hydrogen-bond donors (Lipinski definition) is 1. The van der Waals surface area contributed by atoms with Crippen LogP contribution in [0, 0.1) is 0 Å². The Bertz CT molecular complexity index is 128. The highest BCUT2D eigenvalue weighted by Crippen LogP contribution is 2.10. The molecule has 0 aromatic rings. The summed E-state index contributed by atoms with van der Waals surface area (Å²) in [4.78, 5) is 10.4. The summed E-state index contributed by atoms with van der Waals surface area (Å²) < 4.78 is 14.4. The van der Waals surface area contributed by atoms with Gasteiger partial charge in [0.05, 0.1) is 0 Å². The van der Waals surface area contributed by atoms with Crippen molar-refractivity contribution >= 4 is 15.6 Å². The van der Waals surface area contributed by atoms with Crippen molar-refractivity contribution in [1.29, 1.82) is 0 Å². The minimum atomic E-state index is -1.19. The van der Waals surface area contributed by atoms with Gasteiger partial charge in [-0.3, -0.25) is 0 Å². The second kappa shape index (κ2) is 4.32. The maximum Gasteiger partial charge on any atom is 0.408 e. The quantitative estimate of drug-likeness (QED) is 0.453. The van der Waals surface area contributed by atoms with Crippen molar-refractivity contribution in [2.45, 2.75) is 12.1 Å². The van der Waals surface area contributed by atoms with Gasteiger partial charge in [0.1, 0.15) is 9.52 Å². The molecule has 0 atom stereocenters. The zero-order valence-electron chi connectivity index (χ0n) is 6.92. The highest BCUT2D eigenvalue weighted by atomic mass is 28.2. The van der Waals surface area contributed by atoms with E-state index in [0.29, 0.717) is 0 Å². The Morgan fingerprint density at radius 1 is 1.45 bits per heavy atom. The smallest absolute Gasteiger partial charge is 0.397 e.